The topological polar surface area (TPSA) is 233 Å². The number of ether oxygens (including phenoxy) is 2. The summed E-state index contributed by atoms with van der Waals surface area (Å²) in [6.45, 7) is 20.8. The number of aliphatic hydroxyl groups excluding tert-OH is 3. The molecule has 4 aliphatic rings. The van der Waals surface area contributed by atoms with Crippen LogP contribution in [-0.2, 0) is 44.7 Å². The average Bonchev–Trinajstić information content (AvgIpc) is 3.39. The Labute approximate surface area is 450 Å². The number of nitrogens with one attached hydrogen (secondary N) is 4. The third-order valence-electron chi connectivity index (χ3n) is 15.9. The van der Waals surface area contributed by atoms with Crippen LogP contribution in [0.2, 0.25) is 0 Å². The van der Waals surface area contributed by atoms with Crippen LogP contribution in [-0.4, -0.2) is 117 Å². The number of fused-ring (bicyclic) bond motifs is 2. The number of esters is 1. The molecular formula is C60H87N5O11. The molecule has 4 aliphatic heterocycles. The highest BCUT2D eigenvalue weighted by Gasteiger charge is 2.51. The third-order valence-corrected chi connectivity index (χ3v) is 15.9. The number of benzene rings is 1. The molecule has 0 aromatic heterocycles. The molecule has 16 heteroatoms. The lowest BCUT2D eigenvalue weighted by atomic mass is 9.75. The summed E-state index contributed by atoms with van der Waals surface area (Å²) in [6, 6.07) is 5.74. The fourth-order valence-corrected chi connectivity index (χ4v) is 10.7. The third kappa shape index (κ3) is 16.5. The summed E-state index contributed by atoms with van der Waals surface area (Å²) in [4.78, 5) is 81.9. The van der Waals surface area contributed by atoms with Crippen LogP contribution in [0.3, 0.4) is 0 Å². The predicted molar refractivity (Wildman–Crippen MR) is 292 cm³/mol. The van der Waals surface area contributed by atoms with Gasteiger partial charge in [-0.15, -0.1) is 0 Å². The van der Waals surface area contributed by atoms with Crippen LogP contribution < -0.4 is 21.4 Å². The van der Waals surface area contributed by atoms with Crippen molar-refractivity contribution in [1.29, 1.82) is 0 Å². The monoisotopic (exact) mass is 1050 g/mol. The van der Waals surface area contributed by atoms with Crippen LogP contribution in [0.15, 0.2) is 102 Å². The Morgan fingerprint density at radius 1 is 1.00 bits per heavy atom. The number of hydrazine groups is 1. The lowest BCUT2D eigenvalue weighted by molar-refractivity contribution is -0.179. The minimum Gasteiger partial charge on any atom is -0.456 e. The van der Waals surface area contributed by atoms with Gasteiger partial charge in [0.2, 0.25) is 17.7 Å². The molecule has 4 amide bonds. The number of Topliss-reactive ketones (excluding diaryl/α,β-unsaturated/α-hetero) is 1. The smallest absolute Gasteiger partial charge is 0.325 e. The van der Waals surface area contributed by atoms with Gasteiger partial charge in [0.05, 0.1) is 30.3 Å². The van der Waals surface area contributed by atoms with Crippen LogP contribution in [0.1, 0.15) is 132 Å². The number of hydrogen-bond acceptors (Lipinski definition) is 12. The van der Waals surface area contributed by atoms with Crippen molar-refractivity contribution in [2.45, 2.75) is 187 Å². The minimum absolute atomic E-state index is 0.0119. The molecule has 5 rings (SSSR count). The Kier molecular flexibility index (Phi) is 23.2. The standard InChI is InChI=1S/C60H87N5O11/c1-11-45-33-41(8)60(63-55(45)70)40(7)32-39(6)52(76-60)35-50(68)37(4)22-15-12-16-23-38(5)51-28-20-14-19-27-49(67)43(10)54(69)46(30-29-42(9)66)56(71)62-53(36(2)3)57(72)61-48(34-44-24-17-13-18-25-44)58(73)65-31-21-26-47(64-65)59(74)75-51/h12-14,16-20,23-25,27,32,37,39,41,43,45-54,64,67-69H,2,11,15,21-22,26,28-31,33-35H2,1,3-10H3,(H,61,72)(H,62,71)(H,63,70)/b16-12+,20-14+,27-19+,38-23+/t37-,39+,41-,43-,45-,46+,47?,48-,49-,50-,51-,52-,53-,54+,60-/m0/s1. The minimum atomic E-state index is -1.43. The van der Waals surface area contributed by atoms with Gasteiger partial charge in [-0.05, 0) is 101 Å². The van der Waals surface area contributed by atoms with Crippen molar-refractivity contribution < 1.29 is 53.6 Å². The van der Waals surface area contributed by atoms with Gasteiger partial charge in [0, 0.05) is 55.9 Å². The molecule has 15 atom stereocenters. The van der Waals surface area contributed by atoms with Crippen molar-refractivity contribution in [2.24, 2.45) is 35.5 Å². The van der Waals surface area contributed by atoms with Crippen LogP contribution in [0.25, 0.3) is 0 Å². The maximum absolute atomic E-state index is 14.5. The van der Waals surface area contributed by atoms with E-state index >= 15 is 0 Å². The van der Waals surface area contributed by atoms with Crippen LogP contribution in [0.4, 0.5) is 0 Å². The number of carbonyl (C=O) groups excluding carboxylic acids is 6. The summed E-state index contributed by atoms with van der Waals surface area (Å²) >= 11 is 0. The number of piperidine rings is 1. The predicted octanol–water partition coefficient (Wildman–Crippen LogP) is 6.57. The molecule has 0 aliphatic carbocycles. The number of cyclic esters (lactones) is 1. The molecule has 1 spiro atoms. The van der Waals surface area contributed by atoms with E-state index in [1.54, 1.807) is 32.1 Å². The van der Waals surface area contributed by atoms with Gasteiger partial charge in [-0.3, -0.25) is 29.0 Å². The first kappa shape index (κ1) is 61.3. The fraction of sp³-hybridized carbons (Fsp3) is 0.600. The van der Waals surface area contributed by atoms with Gasteiger partial charge in [-0.2, -0.15) is 0 Å². The lowest BCUT2D eigenvalue weighted by Gasteiger charge is -2.51. The molecule has 2 fully saturated rings. The summed E-state index contributed by atoms with van der Waals surface area (Å²) in [7, 11) is 0. The Balaban J connectivity index is 1.34. The Bertz CT molecular complexity index is 2350. The van der Waals surface area contributed by atoms with E-state index < -0.39 is 83.8 Å². The van der Waals surface area contributed by atoms with Crippen LogP contribution in [0.5, 0.6) is 0 Å². The van der Waals surface area contributed by atoms with E-state index in [0.29, 0.717) is 32.1 Å². The molecule has 418 valence electrons. The Morgan fingerprint density at radius 2 is 1.72 bits per heavy atom. The van der Waals surface area contributed by atoms with Gasteiger partial charge in [0.15, 0.2) is 5.72 Å². The Hall–Kier alpha value is -5.52. The maximum Gasteiger partial charge on any atom is 0.325 e. The zero-order chi connectivity index (χ0) is 55.9. The second kappa shape index (κ2) is 28.7. The van der Waals surface area contributed by atoms with Crippen LogP contribution in [0, 0.1) is 35.5 Å². The molecule has 76 heavy (non-hydrogen) atoms. The maximum atomic E-state index is 14.5. The second-order valence-corrected chi connectivity index (χ2v) is 22.0. The molecule has 4 heterocycles. The van der Waals surface area contributed by atoms with Gasteiger partial charge in [-0.1, -0.05) is 120 Å². The molecule has 2 saturated heterocycles. The first-order valence-electron chi connectivity index (χ1n) is 27.5. The van der Waals surface area contributed by atoms with Gasteiger partial charge in [0.1, 0.15) is 30.0 Å². The van der Waals surface area contributed by atoms with Crippen molar-refractivity contribution in [2.75, 3.05) is 6.54 Å². The van der Waals surface area contributed by atoms with Crippen molar-refractivity contribution in [3.63, 3.8) is 0 Å². The van der Waals surface area contributed by atoms with E-state index in [1.165, 1.54) is 18.0 Å². The summed E-state index contributed by atoms with van der Waals surface area (Å²) in [5.41, 5.74) is 4.95. The highest BCUT2D eigenvalue weighted by molar-refractivity contribution is 5.94. The van der Waals surface area contributed by atoms with Crippen molar-refractivity contribution in [3.05, 3.63) is 108 Å². The van der Waals surface area contributed by atoms with Crippen LogP contribution >= 0.6 is 0 Å². The van der Waals surface area contributed by atoms with Gasteiger partial charge >= 0.3 is 5.97 Å². The number of nitrogens with zero attached hydrogens (tertiary/aromatic N) is 1. The highest BCUT2D eigenvalue weighted by atomic mass is 16.5. The first-order chi connectivity index (χ1) is 36.1. The van der Waals surface area contributed by atoms with Crippen molar-refractivity contribution in [3.8, 4) is 0 Å². The zero-order valence-electron chi connectivity index (χ0n) is 46.3. The van der Waals surface area contributed by atoms with Crippen molar-refractivity contribution in [1.82, 2.24) is 26.4 Å². The zero-order valence-corrected chi connectivity index (χ0v) is 46.3. The molecule has 16 nitrogen and oxygen atoms in total. The number of aliphatic hydroxyl groups is 3. The van der Waals surface area contributed by atoms with E-state index in [2.05, 4.69) is 47.9 Å². The SMILES string of the molecule is C=C(C)[C@@H]1NC(=O)[C@H](CCC(C)=O)[C@H](O)[C@@H](C)[C@@H](O)/C=C/C=C/C[C@@H](/C(C)=C/C=C/CC[C@H](C)[C@@H](O)C[C@@H]2O[C@@]3(NC(=O)[C@@H](CC)C[C@@H]3C)C(C)=C[C@H]2C)OC(=O)C2CCCN(N2)C(=O)[C@H](Cc2ccccc2)NC1=O. The Morgan fingerprint density at radius 3 is 2.41 bits per heavy atom. The molecule has 0 saturated carbocycles. The molecule has 2 bridgehead atoms. The van der Waals surface area contributed by atoms with Gasteiger partial charge in [0.25, 0.3) is 5.91 Å². The first-order valence-corrected chi connectivity index (χ1v) is 27.5. The largest absolute Gasteiger partial charge is 0.456 e. The average molecular weight is 1050 g/mol. The van der Waals surface area contributed by atoms with E-state index in [1.807, 2.05) is 76.3 Å². The molecule has 1 aromatic rings. The number of rotatable bonds is 15. The number of hydrogen-bond donors (Lipinski definition) is 7. The number of carbonyl (C=O) groups is 6. The highest BCUT2D eigenvalue weighted by Crippen LogP contribution is 2.43. The lowest BCUT2D eigenvalue weighted by Crippen LogP contribution is -2.64. The molecule has 1 aromatic carbocycles. The molecule has 0 radical (unpaired) electrons. The molecular weight excluding hydrogens is 967 g/mol. The fourth-order valence-electron chi connectivity index (χ4n) is 10.7. The molecule has 7 N–H and O–H groups in total. The quantitative estimate of drug-likeness (QED) is 0.0562. The van der Waals surface area contributed by atoms with Gasteiger partial charge < -0.3 is 45.5 Å². The normalized spacial score (nSPS) is 33.4. The van der Waals surface area contributed by atoms with E-state index in [4.69, 9.17) is 9.47 Å². The number of amides is 4. The van der Waals surface area contributed by atoms with E-state index in [0.717, 1.165) is 29.6 Å². The van der Waals surface area contributed by atoms with E-state index in [9.17, 15) is 44.1 Å². The van der Waals surface area contributed by atoms with Gasteiger partial charge in [-0.25, -0.2) is 5.43 Å². The summed E-state index contributed by atoms with van der Waals surface area (Å²) < 4.78 is 13.0. The molecule has 1 unspecified atom stereocenters. The number of allylic oxidation sites excluding steroid dienone is 5. The van der Waals surface area contributed by atoms with Crippen molar-refractivity contribution >= 4 is 35.4 Å². The number of ketones is 1. The summed E-state index contributed by atoms with van der Waals surface area (Å²) in [5.74, 6) is -4.75. The second-order valence-electron chi connectivity index (χ2n) is 22.0. The summed E-state index contributed by atoms with van der Waals surface area (Å²) in [6.07, 6.45) is 14.6. The summed E-state index contributed by atoms with van der Waals surface area (Å²) in [5, 5.41) is 44.3. The van der Waals surface area contributed by atoms with E-state index in [-0.39, 0.29) is 79.3 Å².